The zero-order chi connectivity index (χ0) is 13.7. The molecule has 0 N–H and O–H groups in total. The summed E-state index contributed by atoms with van der Waals surface area (Å²) >= 11 is 0. The molecule has 0 radical (unpaired) electrons. The van der Waals surface area contributed by atoms with Crippen LogP contribution in [0.1, 0.15) is 20.3 Å². The molecule has 0 rings (SSSR count). The van der Waals surface area contributed by atoms with E-state index in [2.05, 4.69) is 9.47 Å². The van der Waals surface area contributed by atoms with Crippen molar-refractivity contribution in [2.45, 2.75) is 44.8 Å². The van der Waals surface area contributed by atoms with Gasteiger partial charge in [-0.25, -0.2) is 0 Å². The topological polar surface area (TPSA) is 18.5 Å². The largest absolute Gasteiger partial charge is 0.414 e. The quantitative estimate of drug-likeness (QED) is 0.543. The first-order chi connectivity index (χ1) is 7.55. The lowest BCUT2D eigenvalue weighted by molar-refractivity contribution is -0.222. The Labute approximate surface area is 94.9 Å². The molecule has 0 aromatic rings. The van der Waals surface area contributed by atoms with Gasteiger partial charge in [-0.15, -0.1) is 0 Å². The lowest BCUT2D eigenvalue weighted by atomic mass is 10.4. The summed E-state index contributed by atoms with van der Waals surface area (Å²) in [5.74, 6) is 0. The predicted molar refractivity (Wildman–Crippen MR) is 47.6 cm³/mol. The zero-order valence-corrected chi connectivity index (χ0v) is 9.36. The average Bonchev–Trinajstić information content (AvgIpc) is 2.13. The molecule has 2 unspecified atom stereocenters. The Bertz CT molecular complexity index is 191. The van der Waals surface area contributed by atoms with Crippen LogP contribution >= 0.6 is 0 Å². The third-order valence-corrected chi connectivity index (χ3v) is 1.95. The third kappa shape index (κ3) is 7.43. The van der Waals surface area contributed by atoms with E-state index in [4.69, 9.17) is 0 Å². The normalized spacial score (nSPS) is 16.9. The zero-order valence-electron chi connectivity index (χ0n) is 9.36. The monoisotopic (exact) mass is 268 g/mol. The van der Waals surface area contributed by atoms with Crippen LogP contribution in [0.5, 0.6) is 0 Å². The first-order valence-electron chi connectivity index (χ1n) is 4.91. The molecule has 0 aliphatic heterocycles. The van der Waals surface area contributed by atoms with Gasteiger partial charge in [0.1, 0.15) is 0 Å². The lowest BCUT2D eigenvalue weighted by Crippen LogP contribution is -2.30. The summed E-state index contributed by atoms with van der Waals surface area (Å²) in [5, 5.41) is 0. The Morgan fingerprint density at radius 1 is 0.765 bits per heavy atom. The molecule has 0 aromatic heterocycles. The summed E-state index contributed by atoms with van der Waals surface area (Å²) in [4.78, 5) is 0. The summed E-state index contributed by atoms with van der Waals surface area (Å²) in [5.41, 5.74) is 0. The van der Waals surface area contributed by atoms with Crippen molar-refractivity contribution in [2.75, 3.05) is 13.2 Å². The SMILES string of the molecule is CC(OCCCOC(C)C(F)(F)F)C(F)(F)F. The summed E-state index contributed by atoms with van der Waals surface area (Å²) < 4.78 is 80.4. The standard InChI is InChI=1S/C9H14F6O2/c1-6(8(10,11)12)16-4-3-5-17-7(2)9(13,14)15/h6-7H,3-5H2,1-2H3. The van der Waals surface area contributed by atoms with Crippen LogP contribution in [0.2, 0.25) is 0 Å². The van der Waals surface area contributed by atoms with Gasteiger partial charge in [-0.2, -0.15) is 26.3 Å². The molecule has 0 aromatic carbocycles. The van der Waals surface area contributed by atoms with Crippen LogP contribution in [0.3, 0.4) is 0 Å². The number of rotatable bonds is 6. The highest BCUT2D eigenvalue weighted by molar-refractivity contribution is 4.62. The summed E-state index contributed by atoms with van der Waals surface area (Å²) in [6.45, 7) is 1.06. The second-order valence-corrected chi connectivity index (χ2v) is 3.46. The van der Waals surface area contributed by atoms with E-state index in [1.165, 1.54) is 0 Å². The van der Waals surface area contributed by atoms with Crippen LogP contribution in [0.25, 0.3) is 0 Å². The van der Waals surface area contributed by atoms with Crippen molar-refractivity contribution in [2.24, 2.45) is 0 Å². The smallest absolute Gasteiger partial charge is 0.369 e. The molecule has 0 amide bonds. The molecule has 0 aliphatic rings. The van der Waals surface area contributed by atoms with E-state index in [-0.39, 0.29) is 19.6 Å². The number of alkyl halides is 6. The first kappa shape index (κ1) is 16.5. The van der Waals surface area contributed by atoms with Crippen molar-refractivity contribution in [1.82, 2.24) is 0 Å². The van der Waals surface area contributed by atoms with E-state index < -0.39 is 24.6 Å². The molecule has 0 fully saturated rings. The molecule has 2 nitrogen and oxygen atoms in total. The molecule has 0 saturated carbocycles. The maximum atomic E-state index is 11.9. The fourth-order valence-corrected chi connectivity index (χ4v) is 0.768. The van der Waals surface area contributed by atoms with E-state index in [1.54, 1.807) is 0 Å². The van der Waals surface area contributed by atoms with E-state index in [0.29, 0.717) is 0 Å². The fraction of sp³-hybridized carbons (Fsp3) is 1.00. The van der Waals surface area contributed by atoms with Gasteiger partial charge in [-0.3, -0.25) is 0 Å². The van der Waals surface area contributed by atoms with E-state index in [0.717, 1.165) is 13.8 Å². The van der Waals surface area contributed by atoms with Crippen LogP contribution in [0.15, 0.2) is 0 Å². The van der Waals surface area contributed by atoms with Crippen LogP contribution in [-0.4, -0.2) is 37.8 Å². The van der Waals surface area contributed by atoms with Crippen LogP contribution < -0.4 is 0 Å². The number of hydrogen-bond acceptors (Lipinski definition) is 2. The van der Waals surface area contributed by atoms with Gasteiger partial charge in [0.15, 0.2) is 12.2 Å². The average molecular weight is 268 g/mol. The minimum atomic E-state index is -4.46. The summed E-state index contributed by atoms with van der Waals surface area (Å²) in [6, 6.07) is 0. The highest BCUT2D eigenvalue weighted by Crippen LogP contribution is 2.23. The van der Waals surface area contributed by atoms with E-state index >= 15 is 0 Å². The van der Waals surface area contributed by atoms with Crippen molar-refractivity contribution in [1.29, 1.82) is 0 Å². The van der Waals surface area contributed by atoms with Crippen molar-refractivity contribution in [3.05, 3.63) is 0 Å². The summed E-state index contributed by atoms with van der Waals surface area (Å²) in [7, 11) is 0. The second kappa shape index (κ2) is 6.44. The van der Waals surface area contributed by atoms with Gasteiger partial charge >= 0.3 is 12.4 Å². The van der Waals surface area contributed by atoms with Crippen LogP contribution in [-0.2, 0) is 9.47 Å². The Morgan fingerprint density at radius 3 is 1.29 bits per heavy atom. The van der Waals surface area contributed by atoms with Crippen LogP contribution in [0.4, 0.5) is 26.3 Å². The minimum absolute atomic E-state index is 0.0269. The highest BCUT2D eigenvalue weighted by atomic mass is 19.4. The molecule has 0 aliphatic carbocycles. The van der Waals surface area contributed by atoms with Gasteiger partial charge < -0.3 is 9.47 Å². The molecule has 0 saturated heterocycles. The Hall–Kier alpha value is -0.500. The van der Waals surface area contributed by atoms with Gasteiger partial charge in [0.25, 0.3) is 0 Å². The molecule has 104 valence electrons. The lowest BCUT2D eigenvalue weighted by Gasteiger charge is -2.18. The molecular formula is C9H14F6O2. The molecule has 0 heterocycles. The van der Waals surface area contributed by atoms with E-state index in [9.17, 15) is 26.3 Å². The maximum Gasteiger partial charge on any atom is 0.414 e. The van der Waals surface area contributed by atoms with Gasteiger partial charge in [-0.1, -0.05) is 0 Å². The van der Waals surface area contributed by atoms with Gasteiger partial charge in [0.05, 0.1) is 0 Å². The minimum Gasteiger partial charge on any atom is -0.369 e. The highest BCUT2D eigenvalue weighted by Gasteiger charge is 2.37. The summed E-state index contributed by atoms with van der Waals surface area (Å²) in [6.07, 6.45) is -12.8. The van der Waals surface area contributed by atoms with Crippen molar-refractivity contribution < 1.29 is 35.8 Å². The van der Waals surface area contributed by atoms with Crippen LogP contribution in [0, 0.1) is 0 Å². The van der Waals surface area contributed by atoms with Crippen molar-refractivity contribution >= 4 is 0 Å². The van der Waals surface area contributed by atoms with Gasteiger partial charge in [0, 0.05) is 13.2 Å². The Morgan fingerprint density at radius 2 is 1.06 bits per heavy atom. The number of hydrogen-bond donors (Lipinski definition) is 0. The molecular weight excluding hydrogens is 254 g/mol. The molecule has 2 atom stereocenters. The number of ether oxygens (including phenoxy) is 2. The molecule has 0 bridgehead atoms. The Balaban J connectivity index is 3.61. The predicted octanol–water partition coefficient (Wildman–Crippen LogP) is 3.31. The molecule has 0 spiro atoms. The first-order valence-corrected chi connectivity index (χ1v) is 4.91. The van der Waals surface area contributed by atoms with Crippen molar-refractivity contribution in [3.63, 3.8) is 0 Å². The van der Waals surface area contributed by atoms with Gasteiger partial charge in [0.2, 0.25) is 0 Å². The second-order valence-electron chi connectivity index (χ2n) is 3.46. The number of halogens is 6. The third-order valence-electron chi connectivity index (χ3n) is 1.95. The molecule has 8 heteroatoms. The van der Waals surface area contributed by atoms with Gasteiger partial charge in [-0.05, 0) is 20.3 Å². The van der Waals surface area contributed by atoms with Crippen molar-refractivity contribution in [3.8, 4) is 0 Å². The fourth-order valence-electron chi connectivity index (χ4n) is 0.768. The maximum absolute atomic E-state index is 11.9. The molecule has 17 heavy (non-hydrogen) atoms. The Kier molecular flexibility index (Phi) is 6.25. The van der Waals surface area contributed by atoms with E-state index in [1.807, 2.05) is 0 Å².